The van der Waals surface area contributed by atoms with Crippen molar-refractivity contribution in [1.29, 1.82) is 5.26 Å². The molecule has 2 rings (SSSR count). The quantitative estimate of drug-likeness (QED) is 0.808. The summed E-state index contributed by atoms with van der Waals surface area (Å²) in [4.78, 5) is 4.32. The van der Waals surface area contributed by atoms with E-state index in [1.54, 1.807) is 10.7 Å². The Morgan fingerprint density at radius 1 is 1.41 bits per heavy atom. The number of aromatic nitrogens is 3. The van der Waals surface area contributed by atoms with E-state index >= 15 is 0 Å². The summed E-state index contributed by atoms with van der Waals surface area (Å²) in [5.41, 5.74) is 2.84. The predicted octanol–water partition coefficient (Wildman–Crippen LogP) is 2.70. The zero-order valence-corrected chi connectivity index (χ0v) is 10.2. The molecule has 0 spiro atoms. The van der Waals surface area contributed by atoms with Gasteiger partial charge in [0.2, 0.25) is 0 Å². The summed E-state index contributed by atoms with van der Waals surface area (Å²) in [6.45, 7) is 4.31. The third kappa shape index (κ3) is 2.01. The van der Waals surface area contributed by atoms with Crippen molar-refractivity contribution in [3.8, 4) is 6.07 Å². The first-order valence-corrected chi connectivity index (χ1v) is 6.00. The standard InChI is InChI=1S/C13H16N4/c1-3-10(4-2)12-11(6-7-14)13-15-8-5-9-17(13)16-12/h5,8-10H,3-4,6H2,1-2H3. The van der Waals surface area contributed by atoms with Gasteiger partial charge in [-0.1, -0.05) is 13.8 Å². The lowest BCUT2D eigenvalue weighted by molar-refractivity contribution is 0.612. The van der Waals surface area contributed by atoms with E-state index in [1.807, 2.05) is 12.3 Å². The average molecular weight is 228 g/mol. The highest BCUT2D eigenvalue weighted by Crippen LogP contribution is 2.27. The molecule has 0 saturated heterocycles. The summed E-state index contributed by atoms with van der Waals surface area (Å²) in [5, 5.41) is 13.5. The van der Waals surface area contributed by atoms with E-state index in [1.165, 1.54) is 0 Å². The molecular formula is C13H16N4. The van der Waals surface area contributed by atoms with Gasteiger partial charge in [-0.25, -0.2) is 9.50 Å². The summed E-state index contributed by atoms with van der Waals surface area (Å²) < 4.78 is 1.78. The van der Waals surface area contributed by atoms with Crippen molar-refractivity contribution in [3.63, 3.8) is 0 Å². The molecule has 0 radical (unpaired) electrons. The van der Waals surface area contributed by atoms with Crippen molar-refractivity contribution in [1.82, 2.24) is 14.6 Å². The van der Waals surface area contributed by atoms with Crippen LogP contribution in [0.2, 0.25) is 0 Å². The summed E-state index contributed by atoms with van der Waals surface area (Å²) in [7, 11) is 0. The van der Waals surface area contributed by atoms with Crippen LogP contribution in [0, 0.1) is 11.3 Å². The number of hydrogen-bond donors (Lipinski definition) is 0. The Kier molecular flexibility index (Phi) is 3.38. The molecule has 0 N–H and O–H groups in total. The summed E-state index contributed by atoms with van der Waals surface area (Å²) in [5.74, 6) is 0.417. The molecule has 0 saturated carbocycles. The van der Waals surface area contributed by atoms with Gasteiger partial charge in [0.25, 0.3) is 0 Å². The van der Waals surface area contributed by atoms with Crippen LogP contribution in [-0.2, 0) is 6.42 Å². The maximum atomic E-state index is 8.93. The summed E-state index contributed by atoms with van der Waals surface area (Å²) in [6, 6.07) is 4.07. The van der Waals surface area contributed by atoms with E-state index in [9.17, 15) is 0 Å². The number of rotatable bonds is 4. The van der Waals surface area contributed by atoms with Gasteiger partial charge in [0.15, 0.2) is 5.65 Å². The number of nitrogens with zero attached hydrogens (tertiary/aromatic N) is 4. The molecule has 4 heteroatoms. The number of fused-ring (bicyclic) bond motifs is 1. The Bertz CT molecular complexity index is 546. The monoisotopic (exact) mass is 228 g/mol. The SMILES string of the molecule is CCC(CC)c1nn2cccnc2c1CC#N. The second-order valence-corrected chi connectivity index (χ2v) is 4.10. The molecule has 0 bridgehead atoms. The van der Waals surface area contributed by atoms with E-state index in [4.69, 9.17) is 5.26 Å². The molecule has 2 aromatic heterocycles. The minimum atomic E-state index is 0.381. The molecule has 0 amide bonds. The zero-order valence-electron chi connectivity index (χ0n) is 10.2. The minimum absolute atomic E-state index is 0.381. The maximum Gasteiger partial charge on any atom is 0.159 e. The molecular weight excluding hydrogens is 212 g/mol. The fourth-order valence-electron chi connectivity index (χ4n) is 2.20. The Morgan fingerprint density at radius 3 is 2.82 bits per heavy atom. The normalized spacial score (nSPS) is 10.9. The van der Waals surface area contributed by atoms with Gasteiger partial charge in [0.1, 0.15) is 0 Å². The summed E-state index contributed by atoms with van der Waals surface area (Å²) >= 11 is 0. The molecule has 0 aliphatic heterocycles. The van der Waals surface area contributed by atoms with Crippen LogP contribution < -0.4 is 0 Å². The summed E-state index contributed by atoms with van der Waals surface area (Å²) in [6.07, 6.45) is 6.09. The second-order valence-electron chi connectivity index (χ2n) is 4.10. The zero-order chi connectivity index (χ0) is 12.3. The second kappa shape index (κ2) is 4.96. The smallest absolute Gasteiger partial charge is 0.159 e. The highest BCUT2D eigenvalue weighted by molar-refractivity contribution is 5.52. The molecule has 88 valence electrons. The molecule has 2 heterocycles. The van der Waals surface area contributed by atoms with E-state index in [0.29, 0.717) is 12.3 Å². The minimum Gasteiger partial charge on any atom is -0.237 e. The lowest BCUT2D eigenvalue weighted by atomic mass is 9.95. The van der Waals surface area contributed by atoms with Crippen LogP contribution in [-0.4, -0.2) is 14.6 Å². The molecule has 0 aromatic carbocycles. The Balaban J connectivity index is 2.61. The first-order chi connectivity index (χ1) is 8.31. The van der Waals surface area contributed by atoms with E-state index in [0.717, 1.165) is 29.7 Å². The van der Waals surface area contributed by atoms with Gasteiger partial charge in [-0.2, -0.15) is 10.4 Å². The molecule has 4 nitrogen and oxygen atoms in total. The van der Waals surface area contributed by atoms with Crippen molar-refractivity contribution in [3.05, 3.63) is 29.7 Å². The Morgan fingerprint density at radius 2 is 2.18 bits per heavy atom. The van der Waals surface area contributed by atoms with Gasteiger partial charge in [-0.3, -0.25) is 0 Å². The van der Waals surface area contributed by atoms with Gasteiger partial charge in [0.05, 0.1) is 18.2 Å². The number of nitriles is 1. The molecule has 0 aliphatic carbocycles. The van der Waals surface area contributed by atoms with Crippen molar-refractivity contribution in [2.75, 3.05) is 0 Å². The predicted molar refractivity (Wildman–Crippen MR) is 65.6 cm³/mol. The van der Waals surface area contributed by atoms with E-state index in [-0.39, 0.29) is 0 Å². The maximum absolute atomic E-state index is 8.93. The highest BCUT2D eigenvalue weighted by atomic mass is 15.2. The topological polar surface area (TPSA) is 54.0 Å². The van der Waals surface area contributed by atoms with Crippen LogP contribution in [0.5, 0.6) is 0 Å². The van der Waals surface area contributed by atoms with Gasteiger partial charge in [-0.05, 0) is 18.9 Å². The van der Waals surface area contributed by atoms with Gasteiger partial charge < -0.3 is 0 Å². The Labute approximate surface area is 101 Å². The van der Waals surface area contributed by atoms with Crippen LogP contribution in [0.4, 0.5) is 0 Å². The van der Waals surface area contributed by atoms with Gasteiger partial charge in [-0.15, -0.1) is 0 Å². The van der Waals surface area contributed by atoms with Crippen LogP contribution in [0.1, 0.15) is 43.9 Å². The fraction of sp³-hybridized carbons (Fsp3) is 0.462. The van der Waals surface area contributed by atoms with E-state index in [2.05, 4.69) is 30.0 Å². The lowest BCUT2D eigenvalue weighted by Crippen LogP contribution is -2.00. The highest BCUT2D eigenvalue weighted by Gasteiger charge is 2.19. The fourth-order valence-corrected chi connectivity index (χ4v) is 2.20. The van der Waals surface area contributed by atoms with E-state index < -0.39 is 0 Å². The lowest BCUT2D eigenvalue weighted by Gasteiger charge is -2.09. The molecule has 0 aliphatic rings. The third-order valence-electron chi connectivity index (χ3n) is 3.15. The van der Waals surface area contributed by atoms with Crippen LogP contribution in [0.3, 0.4) is 0 Å². The molecule has 0 unspecified atom stereocenters. The van der Waals surface area contributed by atoms with Crippen LogP contribution >= 0.6 is 0 Å². The van der Waals surface area contributed by atoms with Crippen LogP contribution in [0.15, 0.2) is 18.5 Å². The van der Waals surface area contributed by atoms with Gasteiger partial charge >= 0.3 is 0 Å². The number of hydrogen-bond acceptors (Lipinski definition) is 3. The molecule has 2 aromatic rings. The van der Waals surface area contributed by atoms with Gasteiger partial charge in [0, 0.05) is 23.9 Å². The largest absolute Gasteiger partial charge is 0.237 e. The third-order valence-corrected chi connectivity index (χ3v) is 3.15. The van der Waals surface area contributed by atoms with Crippen molar-refractivity contribution in [2.45, 2.75) is 39.0 Å². The van der Waals surface area contributed by atoms with Crippen molar-refractivity contribution in [2.24, 2.45) is 0 Å². The average Bonchev–Trinajstić information content (AvgIpc) is 2.71. The van der Waals surface area contributed by atoms with Crippen molar-refractivity contribution >= 4 is 5.65 Å². The first-order valence-electron chi connectivity index (χ1n) is 6.00. The molecule has 0 fully saturated rings. The first kappa shape index (κ1) is 11.6. The molecule has 17 heavy (non-hydrogen) atoms. The van der Waals surface area contributed by atoms with Crippen molar-refractivity contribution < 1.29 is 0 Å². The van der Waals surface area contributed by atoms with Crippen LogP contribution in [0.25, 0.3) is 5.65 Å². The molecule has 0 atom stereocenters. The Hall–Kier alpha value is -1.89.